The van der Waals surface area contributed by atoms with E-state index in [2.05, 4.69) is 5.16 Å². The van der Waals surface area contributed by atoms with Crippen molar-refractivity contribution in [3.63, 3.8) is 0 Å². The normalized spacial score (nSPS) is 15.8. The van der Waals surface area contributed by atoms with Gasteiger partial charge in [-0.2, -0.15) is 5.26 Å². The standard InChI is InChI=1S/C12H12ClN3O2/c1-6(2)10-8(4-14)11(15-18-10)16-5-7(3)9(13)12(16)17/h6H,5H2,1-3H3. The Morgan fingerprint density at radius 1 is 1.56 bits per heavy atom. The van der Waals surface area contributed by atoms with Gasteiger partial charge in [-0.15, -0.1) is 0 Å². The summed E-state index contributed by atoms with van der Waals surface area (Å²) in [6.07, 6.45) is 0. The lowest BCUT2D eigenvalue weighted by Crippen LogP contribution is -2.27. The van der Waals surface area contributed by atoms with Gasteiger partial charge in [0.1, 0.15) is 16.7 Å². The summed E-state index contributed by atoms with van der Waals surface area (Å²) in [5.74, 6) is 0.430. The average Bonchev–Trinajstić information content (AvgIpc) is 2.86. The maximum Gasteiger partial charge on any atom is 0.271 e. The van der Waals surface area contributed by atoms with Crippen molar-refractivity contribution in [2.24, 2.45) is 0 Å². The largest absolute Gasteiger partial charge is 0.357 e. The van der Waals surface area contributed by atoms with E-state index in [-0.39, 0.29) is 22.7 Å². The van der Waals surface area contributed by atoms with Gasteiger partial charge < -0.3 is 4.52 Å². The molecule has 0 radical (unpaired) electrons. The second kappa shape index (κ2) is 4.46. The fourth-order valence-corrected chi connectivity index (χ4v) is 1.99. The average molecular weight is 266 g/mol. The van der Waals surface area contributed by atoms with Crippen molar-refractivity contribution >= 4 is 23.3 Å². The minimum atomic E-state index is -0.339. The Morgan fingerprint density at radius 2 is 2.22 bits per heavy atom. The molecule has 18 heavy (non-hydrogen) atoms. The van der Waals surface area contributed by atoms with Gasteiger partial charge in [0.2, 0.25) is 0 Å². The number of nitrogens with zero attached hydrogens (tertiary/aromatic N) is 3. The zero-order valence-corrected chi connectivity index (χ0v) is 11.1. The summed E-state index contributed by atoms with van der Waals surface area (Å²) in [6, 6.07) is 2.04. The summed E-state index contributed by atoms with van der Waals surface area (Å²) in [4.78, 5) is 13.3. The highest BCUT2D eigenvalue weighted by atomic mass is 35.5. The number of carbonyl (C=O) groups is 1. The van der Waals surface area contributed by atoms with Crippen LogP contribution in [0.5, 0.6) is 0 Å². The van der Waals surface area contributed by atoms with Crippen LogP contribution in [0.3, 0.4) is 0 Å². The topological polar surface area (TPSA) is 70.1 Å². The van der Waals surface area contributed by atoms with Gasteiger partial charge >= 0.3 is 0 Å². The van der Waals surface area contributed by atoms with Gasteiger partial charge in [-0.1, -0.05) is 30.6 Å². The maximum absolute atomic E-state index is 11.9. The van der Waals surface area contributed by atoms with Crippen molar-refractivity contribution in [1.29, 1.82) is 5.26 Å². The van der Waals surface area contributed by atoms with Gasteiger partial charge in [-0.3, -0.25) is 9.69 Å². The van der Waals surface area contributed by atoms with Crippen LogP contribution in [0.25, 0.3) is 0 Å². The lowest BCUT2D eigenvalue weighted by Gasteiger charge is -2.12. The number of carbonyl (C=O) groups excluding carboxylic acids is 1. The van der Waals surface area contributed by atoms with E-state index in [4.69, 9.17) is 16.1 Å². The second-order valence-corrected chi connectivity index (χ2v) is 4.88. The molecule has 94 valence electrons. The molecular formula is C12H12ClN3O2. The van der Waals surface area contributed by atoms with Crippen LogP contribution in [0.1, 0.15) is 38.0 Å². The van der Waals surface area contributed by atoms with Gasteiger partial charge in [0.25, 0.3) is 5.91 Å². The maximum atomic E-state index is 11.9. The molecule has 0 bridgehead atoms. The van der Waals surface area contributed by atoms with E-state index in [1.807, 2.05) is 19.9 Å². The van der Waals surface area contributed by atoms with Crippen LogP contribution in [-0.2, 0) is 4.79 Å². The van der Waals surface area contributed by atoms with Crippen molar-refractivity contribution in [2.75, 3.05) is 11.4 Å². The predicted octanol–water partition coefficient (Wildman–Crippen LogP) is 2.53. The highest BCUT2D eigenvalue weighted by Gasteiger charge is 2.33. The van der Waals surface area contributed by atoms with E-state index in [0.29, 0.717) is 17.9 Å². The molecule has 0 aromatic carbocycles. The van der Waals surface area contributed by atoms with E-state index in [9.17, 15) is 10.1 Å². The number of amides is 1. The van der Waals surface area contributed by atoms with Crippen LogP contribution in [-0.4, -0.2) is 17.6 Å². The minimum Gasteiger partial charge on any atom is -0.357 e. The number of aromatic nitrogens is 1. The number of anilines is 1. The third-order valence-corrected chi connectivity index (χ3v) is 3.28. The molecule has 2 heterocycles. The Labute approximate surface area is 110 Å². The predicted molar refractivity (Wildman–Crippen MR) is 66.2 cm³/mol. The Hall–Kier alpha value is -1.80. The molecule has 0 atom stereocenters. The molecule has 0 spiro atoms. The monoisotopic (exact) mass is 265 g/mol. The lowest BCUT2D eigenvalue weighted by molar-refractivity contribution is -0.114. The van der Waals surface area contributed by atoms with E-state index >= 15 is 0 Å². The summed E-state index contributed by atoms with van der Waals surface area (Å²) in [6.45, 7) is 5.91. The quantitative estimate of drug-likeness (QED) is 0.824. The Morgan fingerprint density at radius 3 is 2.67 bits per heavy atom. The fraction of sp³-hybridized carbons (Fsp3) is 0.417. The molecule has 1 aromatic rings. The molecule has 1 amide bonds. The number of rotatable bonds is 2. The second-order valence-electron chi connectivity index (χ2n) is 4.50. The van der Waals surface area contributed by atoms with Crippen LogP contribution in [0, 0.1) is 11.3 Å². The van der Waals surface area contributed by atoms with Crippen LogP contribution >= 0.6 is 11.6 Å². The smallest absolute Gasteiger partial charge is 0.271 e. The van der Waals surface area contributed by atoms with E-state index < -0.39 is 0 Å². The summed E-state index contributed by atoms with van der Waals surface area (Å²) < 4.78 is 5.15. The van der Waals surface area contributed by atoms with Crippen molar-refractivity contribution < 1.29 is 9.32 Å². The third kappa shape index (κ3) is 1.79. The first kappa shape index (κ1) is 12.7. The van der Waals surface area contributed by atoms with Crippen LogP contribution in [0.4, 0.5) is 5.82 Å². The van der Waals surface area contributed by atoms with Crippen LogP contribution < -0.4 is 4.90 Å². The Bertz CT molecular complexity index is 581. The van der Waals surface area contributed by atoms with E-state index in [1.54, 1.807) is 6.92 Å². The molecule has 0 saturated heterocycles. The van der Waals surface area contributed by atoms with Crippen molar-refractivity contribution in [3.05, 3.63) is 21.9 Å². The molecule has 5 nitrogen and oxygen atoms in total. The molecule has 0 N–H and O–H groups in total. The van der Waals surface area contributed by atoms with E-state index in [1.165, 1.54) is 4.90 Å². The molecule has 0 fully saturated rings. The zero-order chi connectivity index (χ0) is 13.4. The Kier molecular flexibility index (Phi) is 3.14. The molecule has 1 aromatic heterocycles. The first-order valence-corrected chi connectivity index (χ1v) is 5.92. The van der Waals surface area contributed by atoms with Crippen molar-refractivity contribution in [2.45, 2.75) is 26.7 Å². The number of nitriles is 1. The van der Waals surface area contributed by atoms with Crippen molar-refractivity contribution in [1.82, 2.24) is 5.16 Å². The number of halogens is 1. The van der Waals surface area contributed by atoms with Crippen LogP contribution in [0.15, 0.2) is 15.1 Å². The van der Waals surface area contributed by atoms with Gasteiger partial charge in [0.05, 0.1) is 6.54 Å². The van der Waals surface area contributed by atoms with E-state index in [0.717, 1.165) is 5.57 Å². The minimum absolute atomic E-state index is 0.0307. The zero-order valence-electron chi connectivity index (χ0n) is 10.3. The summed E-state index contributed by atoms with van der Waals surface area (Å²) in [7, 11) is 0. The Balaban J connectivity index is 2.44. The van der Waals surface area contributed by atoms with Gasteiger partial charge in [0.15, 0.2) is 11.6 Å². The first-order valence-electron chi connectivity index (χ1n) is 5.54. The summed E-state index contributed by atoms with van der Waals surface area (Å²) >= 11 is 5.87. The molecule has 0 saturated carbocycles. The molecule has 1 aliphatic rings. The molecule has 1 aliphatic heterocycles. The highest BCUT2D eigenvalue weighted by Crippen LogP contribution is 2.32. The molecule has 6 heteroatoms. The molecule has 2 rings (SSSR count). The summed E-state index contributed by atoms with van der Waals surface area (Å²) in [5, 5.41) is 13.2. The number of hydrogen-bond acceptors (Lipinski definition) is 4. The van der Waals surface area contributed by atoms with Gasteiger partial charge in [-0.25, -0.2) is 0 Å². The van der Waals surface area contributed by atoms with Crippen LogP contribution in [0.2, 0.25) is 0 Å². The van der Waals surface area contributed by atoms with Crippen molar-refractivity contribution in [3.8, 4) is 6.07 Å². The molecular weight excluding hydrogens is 254 g/mol. The molecule has 0 unspecified atom stereocenters. The van der Waals surface area contributed by atoms with Gasteiger partial charge in [-0.05, 0) is 12.5 Å². The van der Waals surface area contributed by atoms with Gasteiger partial charge in [0, 0.05) is 5.92 Å². The SMILES string of the molecule is CC1=C(Cl)C(=O)N(c2noc(C(C)C)c2C#N)C1. The third-order valence-electron chi connectivity index (χ3n) is 2.80. The number of hydrogen-bond donors (Lipinski definition) is 0. The lowest BCUT2D eigenvalue weighted by atomic mass is 10.1. The summed E-state index contributed by atoms with van der Waals surface area (Å²) in [5.41, 5.74) is 1.07. The highest BCUT2D eigenvalue weighted by molar-refractivity contribution is 6.45. The fourth-order valence-electron chi connectivity index (χ4n) is 1.83. The first-order chi connectivity index (χ1) is 8.47. The molecule has 0 aliphatic carbocycles.